The highest BCUT2D eigenvalue weighted by molar-refractivity contribution is 4.76. The molecule has 1 fully saturated rings. The maximum atomic E-state index is 12.1. The van der Waals surface area contributed by atoms with Gasteiger partial charge in [0, 0.05) is 0 Å². The first-order chi connectivity index (χ1) is 7.77. The van der Waals surface area contributed by atoms with Crippen molar-refractivity contribution in [2.24, 2.45) is 17.8 Å². The second-order valence-electron chi connectivity index (χ2n) is 5.75. The molecule has 0 heterocycles. The van der Waals surface area contributed by atoms with Gasteiger partial charge in [0.1, 0.15) is 0 Å². The molecule has 16 heavy (non-hydrogen) atoms. The lowest BCUT2D eigenvalue weighted by molar-refractivity contribution is 0.189. The molecule has 0 amide bonds. The van der Waals surface area contributed by atoms with E-state index in [4.69, 9.17) is 0 Å². The van der Waals surface area contributed by atoms with Crippen molar-refractivity contribution in [1.29, 1.82) is 0 Å². The Labute approximate surface area is 101 Å². The highest BCUT2D eigenvalue weighted by Gasteiger charge is 2.24. The van der Waals surface area contributed by atoms with Gasteiger partial charge in [-0.3, -0.25) is 4.39 Å². The zero-order valence-corrected chi connectivity index (χ0v) is 11.2. The van der Waals surface area contributed by atoms with Gasteiger partial charge in [-0.15, -0.1) is 0 Å². The summed E-state index contributed by atoms with van der Waals surface area (Å²) in [6.45, 7) is 4.54. The van der Waals surface area contributed by atoms with Gasteiger partial charge >= 0.3 is 0 Å². The summed E-state index contributed by atoms with van der Waals surface area (Å²) >= 11 is 0. The lowest BCUT2D eigenvalue weighted by Gasteiger charge is -2.32. The summed E-state index contributed by atoms with van der Waals surface area (Å²) in [4.78, 5) is 0. The molecule has 0 bridgehead atoms. The zero-order valence-electron chi connectivity index (χ0n) is 11.2. The molecule has 0 aromatic heterocycles. The molecule has 1 heteroatoms. The minimum atomic E-state index is -0.124. The summed E-state index contributed by atoms with van der Waals surface area (Å²) in [6, 6.07) is 0. The van der Waals surface area contributed by atoms with E-state index in [0.29, 0.717) is 0 Å². The van der Waals surface area contributed by atoms with Crippen molar-refractivity contribution in [3.63, 3.8) is 0 Å². The molecule has 1 saturated carbocycles. The molecule has 96 valence electrons. The molecule has 1 aliphatic rings. The zero-order chi connectivity index (χ0) is 11.8. The molecule has 0 aliphatic heterocycles. The van der Waals surface area contributed by atoms with Crippen molar-refractivity contribution in [1.82, 2.24) is 0 Å². The quantitative estimate of drug-likeness (QED) is 0.514. The lowest BCUT2D eigenvalue weighted by atomic mass is 9.73. The molecule has 1 rings (SSSR count). The van der Waals surface area contributed by atoms with Crippen molar-refractivity contribution in [2.45, 2.75) is 71.6 Å². The monoisotopic (exact) mass is 228 g/mol. The summed E-state index contributed by atoms with van der Waals surface area (Å²) < 4.78 is 12.1. The van der Waals surface area contributed by atoms with E-state index in [-0.39, 0.29) is 6.67 Å². The molecule has 0 unspecified atom stereocenters. The maximum absolute atomic E-state index is 12.1. The second-order valence-corrected chi connectivity index (χ2v) is 5.75. The summed E-state index contributed by atoms with van der Waals surface area (Å²) in [6.07, 6.45) is 11.5. The van der Waals surface area contributed by atoms with Gasteiger partial charge in [0.25, 0.3) is 0 Å². The van der Waals surface area contributed by atoms with Crippen LogP contribution < -0.4 is 0 Å². The third-order valence-corrected chi connectivity index (χ3v) is 4.35. The van der Waals surface area contributed by atoms with Gasteiger partial charge in [0.15, 0.2) is 0 Å². The molecule has 0 aromatic rings. The first-order valence-corrected chi connectivity index (χ1v) is 7.33. The van der Waals surface area contributed by atoms with E-state index in [1.165, 1.54) is 44.9 Å². The molecule has 0 radical (unpaired) electrons. The number of hydrogen-bond acceptors (Lipinski definition) is 0. The van der Waals surface area contributed by atoms with Gasteiger partial charge in [0.05, 0.1) is 6.67 Å². The van der Waals surface area contributed by atoms with Crippen LogP contribution in [-0.2, 0) is 0 Å². The highest BCUT2D eigenvalue weighted by atomic mass is 19.1. The van der Waals surface area contributed by atoms with Crippen molar-refractivity contribution >= 4 is 0 Å². The van der Waals surface area contributed by atoms with Gasteiger partial charge in [-0.1, -0.05) is 52.4 Å². The lowest BCUT2D eigenvalue weighted by Crippen LogP contribution is -2.21. The van der Waals surface area contributed by atoms with Crippen LogP contribution in [0.5, 0.6) is 0 Å². The number of halogens is 1. The Morgan fingerprint density at radius 2 is 1.75 bits per heavy atom. The van der Waals surface area contributed by atoms with Crippen LogP contribution in [0.1, 0.15) is 71.6 Å². The second kappa shape index (κ2) is 8.08. The normalized spacial score (nSPS) is 27.9. The van der Waals surface area contributed by atoms with Crippen LogP contribution in [0.25, 0.3) is 0 Å². The van der Waals surface area contributed by atoms with Crippen LogP contribution in [-0.4, -0.2) is 6.67 Å². The minimum Gasteiger partial charge on any atom is -0.251 e. The van der Waals surface area contributed by atoms with Crippen molar-refractivity contribution in [3.8, 4) is 0 Å². The standard InChI is InChI=1S/C15H29F/c1-3-6-14(7-4-5-12-16)15-10-8-13(2)9-11-15/h13-15H,3-12H2,1-2H3/t13?,14-,15?/m1/s1. The van der Waals surface area contributed by atoms with Gasteiger partial charge in [-0.05, 0) is 37.0 Å². The molecule has 0 aromatic carbocycles. The molecular formula is C15H29F. The molecular weight excluding hydrogens is 199 g/mol. The van der Waals surface area contributed by atoms with Crippen LogP contribution in [0.4, 0.5) is 4.39 Å². The highest BCUT2D eigenvalue weighted by Crippen LogP contribution is 2.37. The van der Waals surface area contributed by atoms with Crippen LogP contribution in [0, 0.1) is 17.8 Å². The van der Waals surface area contributed by atoms with Crippen LogP contribution in [0.2, 0.25) is 0 Å². The first kappa shape index (κ1) is 14.0. The largest absolute Gasteiger partial charge is 0.251 e. The molecule has 1 aliphatic carbocycles. The van der Waals surface area contributed by atoms with Crippen molar-refractivity contribution in [3.05, 3.63) is 0 Å². The average molecular weight is 228 g/mol. The molecule has 0 N–H and O–H groups in total. The number of alkyl halides is 1. The van der Waals surface area contributed by atoms with E-state index in [1.807, 2.05) is 0 Å². The Kier molecular flexibility index (Phi) is 7.07. The molecule has 0 spiro atoms. The summed E-state index contributed by atoms with van der Waals surface area (Å²) in [5.74, 6) is 2.80. The van der Waals surface area contributed by atoms with Crippen LogP contribution in [0.3, 0.4) is 0 Å². The summed E-state index contributed by atoms with van der Waals surface area (Å²) in [7, 11) is 0. The van der Waals surface area contributed by atoms with E-state index >= 15 is 0 Å². The Balaban J connectivity index is 2.30. The van der Waals surface area contributed by atoms with Crippen LogP contribution >= 0.6 is 0 Å². The third-order valence-electron chi connectivity index (χ3n) is 4.35. The fraction of sp³-hybridized carbons (Fsp3) is 1.00. The minimum absolute atomic E-state index is 0.124. The average Bonchev–Trinajstić information content (AvgIpc) is 2.29. The third kappa shape index (κ3) is 4.84. The fourth-order valence-corrected chi connectivity index (χ4v) is 3.24. The van der Waals surface area contributed by atoms with Gasteiger partial charge in [-0.25, -0.2) is 0 Å². The van der Waals surface area contributed by atoms with E-state index in [0.717, 1.165) is 30.6 Å². The maximum Gasteiger partial charge on any atom is 0.0894 e. The number of rotatable bonds is 7. The SMILES string of the molecule is CCC[C@H](CCCCF)C1CCC(C)CC1. The topological polar surface area (TPSA) is 0 Å². The number of unbranched alkanes of at least 4 members (excludes halogenated alkanes) is 1. The number of hydrogen-bond donors (Lipinski definition) is 0. The van der Waals surface area contributed by atoms with Gasteiger partial charge in [0.2, 0.25) is 0 Å². The molecule has 0 nitrogen and oxygen atoms in total. The van der Waals surface area contributed by atoms with Crippen molar-refractivity contribution < 1.29 is 4.39 Å². The van der Waals surface area contributed by atoms with Crippen LogP contribution in [0.15, 0.2) is 0 Å². The Morgan fingerprint density at radius 1 is 1.06 bits per heavy atom. The Bertz CT molecular complexity index is 159. The molecule has 0 saturated heterocycles. The predicted molar refractivity (Wildman–Crippen MR) is 69.3 cm³/mol. The summed E-state index contributed by atoms with van der Waals surface area (Å²) in [5.41, 5.74) is 0. The fourth-order valence-electron chi connectivity index (χ4n) is 3.24. The van der Waals surface area contributed by atoms with E-state index in [1.54, 1.807) is 0 Å². The Hall–Kier alpha value is -0.0700. The van der Waals surface area contributed by atoms with Crippen molar-refractivity contribution in [2.75, 3.05) is 6.67 Å². The van der Waals surface area contributed by atoms with Gasteiger partial charge < -0.3 is 0 Å². The summed E-state index contributed by atoms with van der Waals surface area (Å²) in [5, 5.41) is 0. The van der Waals surface area contributed by atoms with E-state index < -0.39 is 0 Å². The molecule has 1 atom stereocenters. The smallest absolute Gasteiger partial charge is 0.0894 e. The predicted octanol–water partition coefficient (Wildman–Crippen LogP) is 5.37. The van der Waals surface area contributed by atoms with E-state index in [9.17, 15) is 4.39 Å². The Morgan fingerprint density at radius 3 is 2.31 bits per heavy atom. The van der Waals surface area contributed by atoms with Gasteiger partial charge in [-0.2, -0.15) is 0 Å². The first-order valence-electron chi connectivity index (χ1n) is 7.33. The van der Waals surface area contributed by atoms with E-state index in [2.05, 4.69) is 13.8 Å².